The zero-order valence-corrected chi connectivity index (χ0v) is 9.74. The highest BCUT2D eigenvalue weighted by molar-refractivity contribution is 5.20. The van der Waals surface area contributed by atoms with Gasteiger partial charge in [0.1, 0.15) is 0 Å². The summed E-state index contributed by atoms with van der Waals surface area (Å²) in [5.41, 5.74) is 1.45. The zero-order valence-electron chi connectivity index (χ0n) is 9.74. The molecule has 0 saturated carbocycles. The van der Waals surface area contributed by atoms with Crippen LogP contribution < -0.4 is 5.32 Å². The molecule has 1 heteroatoms. The largest absolute Gasteiger partial charge is 0.307 e. The number of hydrogen-bond acceptors (Lipinski definition) is 1. The van der Waals surface area contributed by atoms with Gasteiger partial charge >= 0.3 is 0 Å². The van der Waals surface area contributed by atoms with Gasteiger partial charge in [-0.1, -0.05) is 44.2 Å². The van der Waals surface area contributed by atoms with E-state index < -0.39 is 0 Å². The molecule has 0 aromatic heterocycles. The molecule has 0 bridgehead atoms. The molecule has 1 nitrogen and oxygen atoms in total. The Bertz CT molecular complexity index is 291. The predicted molar refractivity (Wildman–Crippen MR) is 64.8 cm³/mol. The van der Waals surface area contributed by atoms with Crippen LogP contribution in [0.25, 0.3) is 0 Å². The zero-order chi connectivity index (χ0) is 10.7. The van der Waals surface area contributed by atoms with Gasteiger partial charge in [-0.05, 0) is 30.7 Å². The molecular weight excluding hydrogens is 182 g/mol. The lowest BCUT2D eigenvalue weighted by Crippen LogP contribution is -2.25. The van der Waals surface area contributed by atoms with Gasteiger partial charge in [0, 0.05) is 12.1 Å². The summed E-state index contributed by atoms with van der Waals surface area (Å²) in [7, 11) is 0. The van der Waals surface area contributed by atoms with Gasteiger partial charge in [0.05, 0.1) is 0 Å². The van der Waals surface area contributed by atoms with Gasteiger partial charge in [0.2, 0.25) is 0 Å². The Morgan fingerprint density at radius 1 is 1.20 bits per heavy atom. The molecule has 15 heavy (non-hydrogen) atoms. The molecule has 0 amide bonds. The van der Waals surface area contributed by atoms with Crippen LogP contribution in [0.5, 0.6) is 0 Å². The third kappa shape index (κ3) is 2.82. The van der Waals surface area contributed by atoms with E-state index >= 15 is 0 Å². The SMILES string of the molecule is CC(C)CC1CC[C@H](c2ccccc2)N1. The molecule has 2 atom stereocenters. The summed E-state index contributed by atoms with van der Waals surface area (Å²) in [4.78, 5) is 0. The molecule has 1 aliphatic rings. The summed E-state index contributed by atoms with van der Waals surface area (Å²) in [5, 5.41) is 3.74. The van der Waals surface area contributed by atoms with Crippen LogP contribution in [0.2, 0.25) is 0 Å². The predicted octanol–water partition coefficient (Wildman–Crippen LogP) is 3.53. The van der Waals surface area contributed by atoms with Crippen molar-refractivity contribution >= 4 is 0 Å². The maximum Gasteiger partial charge on any atom is 0.0323 e. The second-order valence-electron chi connectivity index (χ2n) is 5.03. The first kappa shape index (κ1) is 10.7. The molecule has 1 aromatic carbocycles. The average molecular weight is 203 g/mol. The van der Waals surface area contributed by atoms with Gasteiger partial charge < -0.3 is 5.32 Å². The van der Waals surface area contributed by atoms with Crippen LogP contribution in [0, 0.1) is 5.92 Å². The Balaban J connectivity index is 1.93. The van der Waals surface area contributed by atoms with Gasteiger partial charge in [-0.25, -0.2) is 0 Å². The van der Waals surface area contributed by atoms with Crippen molar-refractivity contribution in [2.75, 3.05) is 0 Å². The van der Waals surface area contributed by atoms with E-state index in [1.165, 1.54) is 24.8 Å². The van der Waals surface area contributed by atoms with Crippen LogP contribution in [0.15, 0.2) is 30.3 Å². The van der Waals surface area contributed by atoms with Crippen molar-refractivity contribution in [1.82, 2.24) is 5.32 Å². The first-order valence-electron chi connectivity index (χ1n) is 6.06. The maximum absolute atomic E-state index is 3.74. The topological polar surface area (TPSA) is 12.0 Å². The first-order chi connectivity index (χ1) is 7.25. The Morgan fingerprint density at radius 2 is 1.93 bits per heavy atom. The van der Waals surface area contributed by atoms with Crippen LogP contribution in [0.1, 0.15) is 44.7 Å². The standard InChI is InChI=1S/C14H21N/c1-11(2)10-13-8-9-14(15-13)12-6-4-3-5-7-12/h3-7,11,13-15H,8-10H2,1-2H3/t13?,14-/m1/s1. The summed E-state index contributed by atoms with van der Waals surface area (Å²) in [6, 6.07) is 12.1. The molecule has 1 saturated heterocycles. The summed E-state index contributed by atoms with van der Waals surface area (Å²) < 4.78 is 0. The maximum atomic E-state index is 3.74. The monoisotopic (exact) mass is 203 g/mol. The minimum absolute atomic E-state index is 0.593. The highest BCUT2D eigenvalue weighted by Gasteiger charge is 2.24. The molecule has 1 heterocycles. The molecular formula is C14H21N. The average Bonchev–Trinajstić information content (AvgIpc) is 2.67. The van der Waals surface area contributed by atoms with Gasteiger partial charge in [0.15, 0.2) is 0 Å². The van der Waals surface area contributed by atoms with Crippen molar-refractivity contribution in [3.05, 3.63) is 35.9 Å². The lowest BCUT2D eigenvalue weighted by Gasteiger charge is -2.16. The number of benzene rings is 1. The quantitative estimate of drug-likeness (QED) is 0.792. The fraction of sp³-hybridized carbons (Fsp3) is 0.571. The normalized spacial score (nSPS) is 26.1. The van der Waals surface area contributed by atoms with Crippen LogP contribution in [0.4, 0.5) is 0 Å². The summed E-state index contributed by atoms with van der Waals surface area (Å²) in [6.07, 6.45) is 3.93. The highest BCUT2D eigenvalue weighted by Crippen LogP contribution is 2.28. The molecule has 0 spiro atoms. The second kappa shape index (κ2) is 4.80. The van der Waals surface area contributed by atoms with E-state index in [1.807, 2.05) is 0 Å². The first-order valence-corrected chi connectivity index (χ1v) is 6.06. The fourth-order valence-electron chi connectivity index (χ4n) is 2.52. The van der Waals surface area contributed by atoms with E-state index in [4.69, 9.17) is 0 Å². The number of hydrogen-bond donors (Lipinski definition) is 1. The molecule has 82 valence electrons. The Kier molecular flexibility index (Phi) is 3.42. The van der Waals surface area contributed by atoms with E-state index in [1.54, 1.807) is 0 Å². The lowest BCUT2D eigenvalue weighted by atomic mass is 10.0. The summed E-state index contributed by atoms with van der Waals surface area (Å²) >= 11 is 0. The van der Waals surface area contributed by atoms with E-state index in [-0.39, 0.29) is 0 Å². The Hall–Kier alpha value is -0.820. The van der Waals surface area contributed by atoms with Crippen molar-refractivity contribution in [2.45, 2.75) is 45.2 Å². The van der Waals surface area contributed by atoms with Crippen LogP contribution in [-0.2, 0) is 0 Å². The molecule has 1 unspecified atom stereocenters. The van der Waals surface area contributed by atoms with Crippen molar-refractivity contribution in [3.8, 4) is 0 Å². The van der Waals surface area contributed by atoms with E-state index in [0.29, 0.717) is 6.04 Å². The molecule has 1 fully saturated rings. The van der Waals surface area contributed by atoms with Crippen molar-refractivity contribution in [1.29, 1.82) is 0 Å². The Labute approximate surface area is 92.9 Å². The van der Waals surface area contributed by atoms with Crippen molar-refractivity contribution < 1.29 is 0 Å². The molecule has 2 rings (SSSR count). The summed E-state index contributed by atoms with van der Waals surface area (Å²) in [5.74, 6) is 0.803. The van der Waals surface area contributed by atoms with Gasteiger partial charge in [0.25, 0.3) is 0 Å². The highest BCUT2D eigenvalue weighted by atomic mass is 15.0. The fourth-order valence-corrected chi connectivity index (χ4v) is 2.52. The molecule has 1 aliphatic heterocycles. The molecule has 0 aliphatic carbocycles. The Morgan fingerprint density at radius 3 is 2.60 bits per heavy atom. The third-order valence-electron chi connectivity index (χ3n) is 3.20. The molecule has 0 radical (unpaired) electrons. The minimum atomic E-state index is 0.593. The smallest absolute Gasteiger partial charge is 0.0323 e. The van der Waals surface area contributed by atoms with Crippen molar-refractivity contribution in [3.63, 3.8) is 0 Å². The number of rotatable bonds is 3. The molecule has 1 N–H and O–H groups in total. The van der Waals surface area contributed by atoms with Crippen LogP contribution in [0.3, 0.4) is 0 Å². The molecule has 1 aromatic rings. The van der Waals surface area contributed by atoms with E-state index in [2.05, 4.69) is 49.5 Å². The number of nitrogens with one attached hydrogen (secondary N) is 1. The minimum Gasteiger partial charge on any atom is -0.307 e. The van der Waals surface area contributed by atoms with Gasteiger partial charge in [-0.3, -0.25) is 0 Å². The van der Waals surface area contributed by atoms with E-state index in [0.717, 1.165) is 12.0 Å². The second-order valence-corrected chi connectivity index (χ2v) is 5.03. The van der Waals surface area contributed by atoms with E-state index in [9.17, 15) is 0 Å². The van der Waals surface area contributed by atoms with Crippen molar-refractivity contribution in [2.24, 2.45) is 5.92 Å². The van der Waals surface area contributed by atoms with Crippen LogP contribution in [-0.4, -0.2) is 6.04 Å². The third-order valence-corrected chi connectivity index (χ3v) is 3.20. The van der Waals surface area contributed by atoms with Crippen LogP contribution >= 0.6 is 0 Å². The summed E-state index contributed by atoms with van der Waals surface area (Å²) in [6.45, 7) is 4.61. The lowest BCUT2D eigenvalue weighted by molar-refractivity contribution is 0.447. The van der Waals surface area contributed by atoms with Gasteiger partial charge in [-0.15, -0.1) is 0 Å². The van der Waals surface area contributed by atoms with Gasteiger partial charge in [-0.2, -0.15) is 0 Å².